The number of ether oxygens (including phenoxy) is 1. The van der Waals surface area contributed by atoms with Gasteiger partial charge >= 0.3 is 0 Å². The standard InChI is InChI=1S/C8H15NO2/c1-8(3-4-11-2)5-7(10)9-6-8/h3-6H2,1-2H3,(H,9,10). The molecule has 0 bridgehead atoms. The van der Waals surface area contributed by atoms with Crippen LogP contribution in [0.4, 0.5) is 0 Å². The van der Waals surface area contributed by atoms with E-state index in [1.165, 1.54) is 0 Å². The molecule has 0 radical (unpaired) electrons. The van der Waals surface area contributed by atoms with Gasteiger partial charge < -0.3 is 10.1 Å². The van der Waals surface area contributed by atoms with Crippen LogP contribution in [0.15, 0.2) is 0 Å². The largest absolute Gasteiger partial charge is 0.385 e. The van der Waals surface area contributed by atoms with Gasteiger partial charge in [0.25, 0.3) is 0 Å². The second kappa shape index (κ2) is 3.22. The highest BCUT2D eigenvalue weighted by molar-refractivity contribution is 5.79. The van der Waals surface area contributed by atoms with E-state index in [4.69, 9.17) is 4.74 Å². The molecule has 0 aromatic carbocycles. The summed E-state index contributed by atoms with van der Waals surface area (Å²) in [5, 5.41) is 2.82. The predicted octanol–water partition coefficient (Wildman–Crippen LogP) is 0.549. The third-order valence-corrected chi connectivity index (χ3v) is 2.21. The monoisotopic (exact) mass is 157 g/mol. The van der Waals surface area contributed by atoms with Crippen molar-refractivity contribution in [2.24, 2.45) is 5.41 Å². The highest BCUT2D eigenvalue weighted by atomic mass is 16.5. The zero-order valence-corrected chi connectivity index (χ0v) is 7.14. The number of amides is 1. The maximum absolute atomic E-state index is 10.9. The van der Waals surface area contributed by atoms with Crippen LogP contribution in [0.5, 0.6) is 0 Å². The molecule has 64 valence electrons. The summed E-state index contributed by atoms with van der Waals surface area (Å²) in [6, 6.07) is 0. The van der Waals surface area contributed by atoms with Crippen LogP contribution in [-0.2, 0) is 9.53 Å². The van der Waals surface area contributed by atoms with Gasteiger partial charge in [0.2, 0.25) is 5.91 Å². The molecule has 0 saturated carbocycles. The van der Waals surface area contributed by atoms with Crippen LogP contribution in [0.3, 0.4) is 0 Å². The van der Waals surface area contributed by atoms with E-state index in [0.29, 0.717) is 6.42 Å². The van der Waals surface area contributed by atoms with Crippen molar-refractivity contribution in [3.05, 3.63) is 0 Å². The number of hydrogen-bond acceptors (Lipinski definition) is 2. The average molecular weight is 157 g/mol. The minimum atomic E-state index is 0.132. The van der Waals surface area contributed by atoms with E-state index < -0.39 is 0 Å². The van der Waals surface area contributed by atoms with E-state index in [0.717, 1.165) is 19.6 Å². The summed E-state index contributed by atoms with van der Waals surface area (Å²) in [4.78, 5) is 10.9. The third kappa shape index (κ3) is 2.19. The summed E-state index contributed by atoms with van der Waals surface area (Å²) in [6.07, 6.45) is 1.61. The lowest BCUT2D eigenvalue weighted by molar-refractivity contribution is -0.119. The Morgan fingerprint density at radius 3 is 2.91 bits per heavy atom. The van der Waals surface area contributed by atoms with Crippen LogP contribution in [0, 0.1) is 5.41 Å². The summed E-state index contributed by atoms with van der Waals surface area (Å²) >= 11 is 0. The number of carbonyl (C=O) groups is 1. The lowest BCUT2D eigenvalue weighted by Crippen LogP contribution is -2.21. The van der Waals surface area contributed by atoms with Crippen molar-refractivity contribution in [1.82, 2.24) is 5.32 Å². The number of rotatable bonds is 3. The molecule has 1 atom stereocenters. The van der Waals surface area contributed by atoms with Gasteiger partial charge in [-0.25, -0.2) is 0 Å². The van der Waals surface area contributed by atoms with E-state index in [-0.39, 0.29) is 11.3 Å². The van der Waals surface area contributed by atoms with Crippen molar-refractivity contribution in [2.75, 3.05) is 20.3 Å². The minimum Gasteiger partial charge on any atom is -0.385 e. The molecule has 0 spiro atoms. The van der Waals surface area contributed by atoms with Crippen molar-refractivity contribution in [3.63, 3.8) is 0 Å². The number of nitrogens with one attached hydrogen (secondary N) is 1. The first-order chi connectivity index (χ1) is 5.16. The molecule has 1 fully saturated rings. The Hall–Kier alpha value is -0.570. The lowest BCUT2D eigenvalue weighted by Gasteiger charge is -2.19. The normalized spacial score (nSPS) is 30.5. The van der Waals surface area contributed by atoms with Crippen LogP contribution < -0.4 is 5.32 Å². The Bertz CT molecular complexity index is 158. The summed E-state index contributed by atoms with van der Waals surface area (Å²) in [7, 11) is 1.69. The fourth-order valence-electron chi connectivity index (χ4n) is 1.35. The molecule has 0 aliphatic carbocycles. The summed E-state index contributed by atoms with van der Waals surface area (Å²) in [5.41, 5.74) is 0.132. The molecule has 3 nitrogen and oxygen atoms in total. The number of methoxy groups -OCH3 is 1. The maximum atomic E-state index is 10.9. The lowest BCUT2D eigenvalue weighted by atomic mass is 9.86. The molecule has 1 heterocycles. The van der Waals surface area contributed by atoms with E-state index in [9.17, 15) is 4.79 Å². The highest BCUT2D eigenvalue weighted by Gasteiger charge is 2.33. The second-order valence-electron chi connectivity index (χ2n) is 3.51. The van der Waals surface area contributed by atoms with E-state index in [1.807, 2.05) is 0 Å². The van der Waals surface area contributed by atoms with Gasteiger partial charge in [0.05, 0.1) is 0 Å². The first-order valence-electron chi connectivity index (χ1n) is 3.92. The molecule has 1 amide bonds. The van der Waals surface area contributed by atoms with E-state index >= 15 is 0 Å². The smallest absolute Gasteiger partial charge is 0.220 e. The zero-order chi connectivity index (χ0) is 8.32. The van der Waals surface area contributed by atoms with Crippen molar-refractivity contribution >= 4 is 5.91 Å². The Morgan fingerprint density at radius 2 is 2.45 bits per heavy atom. The van der Waals surface area contributed by atoms with Gasteiger partial charge in [-0.3, -0.25) is 4.79 Å². The van der Waals surface area contributed by atoms with Crippen LogP contribution in [0.1, 0.15) is 19.8 Å². The Kier molecular flexibility index (Phi) is 2.49. The van der Waals surface area contributed by atoms with Gasteiger partial charge in [0.1, 0.15) is 0 Å². The van der Waals surface area contributed by atoms with E-state index in [1.54, 1.807) is 7.11 Å². The average Bonchev–Trinajstić information content (AvgIpc) is 2.28. The molecular weight excluding hydrogens is 142 g/mol. The molecule has 0 aromatic rings. The third-order valence-electron chi connectivity index (χ3n) is 2.21. The molecule has 1 aliphatic heterocycles. The summed E-state index contributed by atoms with van der Waals surface area (Å²) in [5.74, 6) is 0.170. The van der Waals surface area contributed by atoms with Gasteiger partial charge in [-0.1, -0.05) is 6.92 Å². The van der Waals surface area contributed by atoms with Crippen LogP contribution in [0.2, 0.25) is 0 Å². The topological polar surface area (TPSA) is 38.3 Å². The second-order valence-corrected chi connectivity index (χ2v) is 3.51. The van der Waals surface area contributed by atoms with E-state index in [2.05, 4.69) is 12.2 Å². The Balaban J connectivity index is 2.35. The van der Waals surface area contributed by atoms with Crippen LogP contribution >= 0.6 is 0 Å². The number of carbonyl (C=O) groups excluding carboxylic acids is 1. The van der Waals surface area contributed by atoms with Crippen molar-refractivity contribution in [2.45, 2.75) is 19.8 Å². The highest BCUT2D eigenvalue weighted by Crippen LogP contribution is 2.28. The Labute approximate surface area is 67.1 Å². The molecule has 1 aliphatic rings. The Morgan fingerprint density at radius 1 is 1.73 bits per heavy atom. The SMILES string of the molecule is COCCC1(C)CNC(=O)C1. The first-order valence-corrected chi connectivity index (χ1v) is 3.92. The number of hydrogen-bond donors (Lipinski definition) is 1. The molecular formula is C8H15NO2. The van der Waals surface area contributed by atoms with Crippen molar-refractivity contribution in [3.8, 4) is 0 Å². The molecule has 1 N–H and O–H groups in total. The zero-order valence-electron chi connectivity index (χ0n) is 7.14. The molecule has 1 rings (SSSR count). The van der Waals surface area contributed by atoms with Crippen molar-refractivity contribution in [1.29, 1.82) is 0 Å². The fraction of sp³-hybridized carbons (Fsp3) is 0.875. The first kappa shape index (κ1) is 8.53. The van der Waals surface area contributed by atoms with Gasteiger partial charge in [-0.05, 0) is 11.8 Å². The van der Waals surface area contributed by atoms with Gasteiger partial charge in [0.15, 0.2) is 0 Å². The van der Waals surface area contributed by atoms with Crippen LogP contribution in [-0.4, -0.2) is 26.2 Å². The van der Waals surface area contributed by atoms with Gasteiger partial charge in [0, 0.05) is 26.7 Å². The van der Waals surface area contributed by atoms with Gasteiger partial charge in [-0.2, -0.15) is 0 Å². The maximum Gasteiger partial charge on any atom is 0.220 e. The fourth-order valence-corrected chi connectivity index (χ4v) is 1.35. The quantitative estimate of drug-likeness (QED) is 0.649. The molecule has 1 saturated heterocycles. The molecule has 0 aromatic heterocycles. The molecule has 3 heteroatoms. The minimum absolute atomic E-state index is 0.132. The predicted molar refractivity (Wildman–Crippen MR) is 42.2 cm³/mol. The van der Waals surface area contributed by atoms with Crippen molar-refractivity contribution < 1.29 is 9.53 Å². The van der Waals surface area contributed by atoms with Crippen LogP contribution in [0.25, 0.3) is 0 Å². The summed E-state index contributed by atoms with van der Waals surface area (Å²) < 4.78 is 4.97. The summed E-state index contributed by atoms with van der Waals surface area (Å²) in [6.45, 7) is 3.66. The molecule has 11 heavy (non-hydrogen) atoms. The molecule has 1 unspecified atom stereocenters. The van der Waals surface area contributed by atoms with Gasteiger partial charge in [-0.15, -0.1) is 0 Å².